The third kappa shape index (κ3) is 3.08. The quantitative estimate of drug-likeness (QED) is 0.918. The van der Waals surface area contributed by atoms with Gasteiger partial charge in [-0.05, 0) is 49.1 Å². The second kappa shape index (κ2) is 6.42. The number of benzene rings is 2. The van der Waals surface area contributed by atoms with Gasteiger partial charge in [-0.1, -0.05) is 29.8 Å². The Morgan fingerprint density at radius 3 is 2.61 bits per heavy atom. The Morgan fingerprint density at radius 2 is 1.87 bits per heavy atom. The van der Waals surface area contributed by atoms with E-state index in [0.717, 1.165) is 24.9 Å². The van der Waals surface area contributed by atoms with Crippen molar-refractivity contribution in [3.63, 3.8) is 0 Å². The average Bonchev–Trinajstić information content (AvgIpc) is 2.76. The molecule has 0 unspecified atom stereocenters. The van der Waals surface area contributed by atoms with Gasteiger partial charge in [-0.25, -0.2) is 0 Å². The van der Waals surface area contributed by atoms with Crippen LogP contribution in [0.3, 0.4) is 0 Å². The van der Waals surface area contributed by atoms with Gasteiger partial charge in [-0.2, -0.15) is 0 Å². The summed E-state index contributed by atoms with van der Waals surface area (Å²) < 4.78 is 0. The average molecular weight is 329 g/mol. The molecule has 1 aliphatic rings. The Kier molecular flexibility index (Phi) is 4.35. The summed E-state index contributed by atoms with van der Waals surface area (Å²) in [6, 6.07) is 12.6. The van der Waals surface area contributed by atoms with Gasteiger partial charge in [0, 0.05) is 17.8 Å². The Labute approximate surface area is 139 Å². The molecule has 1 aliphatic heterocycles. The first-order valence-corrected chi connectivity index (χ1v) is 7.95. The molecule has 2 aromatic rings. The molecule has 0 aromatic heterocycles. The van der Waals surface area contributed by atoms with E-state index < -0.39 is 5.91 Å². The maximum absolute atomic E-state index is 12.9. The number of carbonyl (C=O) groups is 2. The highest BCUT2D eigenvalue weighted by Gasteiger charge is 2.22. The van der Waals surface area contributed by atoms with Crippen molar-refractivity contribution in [2.75, 3.05) is 11.4 Å². The van der Waals surface area contributed by atoms with E-state index in [9.17, 15) is 9.59 Å². The van der Waals surface area contributed by atoms with Crippen molar-refractivity contribution in [2.45, 2.75) is 19.3 Å². The molecule has 0 radical (unpaired) electrons. The molecule has 0 saturated heterocycles. The standard InChI is InChI=1S/C18H17ClN2O2/c19-15-11-13(8-9-14(15)17(20)22)18(23)21-10-4-3-6-12-5-1-2-7-16(12)21/h1-2,5,7-9,11H,3-4,6,10H2,(H2,20,22). The lowest BCUT2D eigenvalue weighted by Gasteiger charge is -2.23. The fraction of sp³-hybridized carbons (Fsp3) is 0.222. The molecule has 4 nitrogen and oxygen atoms in total. The second-order valence-electron chi connectivity index (χ2n) is 5.60. The summed E-state index contributed by atoms with van der Waals surface area (Å²) in [5.41, 5.74) is 8.05. The van der Waals surface area contributed by atoms with Crippen molar-refractivity contribution in [3.8, 4) is 0 Å². The minimum absolute atomic E-state index is 0.114. The summed E-state index contributed by atoms with van der Waals surface area (Å²) in [7, 11) is 0. The van der Waals surface area contributed by atoms with E-state index in [-0.39, 0.29) is 16.5 Å². The molecule has 0 saturated carbocycles. The monoisotopic (exact) mass is 328 g/mol. The summed E-state index contributed by atoms with van der Waals surface area (Å²) in [6.45, 7) is 0.672. The van der Waals surface area contributed by atoms with Crippen molar-refractivity contribution in [1.82, 2.24) is 0 Å². The first-order chi connectivity index (χ1) is 11.1. The largest absolute Gasteiger partial charge is 0.366 e. The molecular formula is C18H17ClN2O2. The molecule has 0 spiro atoms. The Hall–Kier alpha value is -2.33. The number of rotatable bonds is 2. The molecule has 1 heterocycles. The molecule has 0 fully saturated rings. The number of nitrogens with two attached hydrogens (primary N) is 1. The van der Waals surface area contributed by atoms with E-state index in [1.165, 1.54) is 17.7 Å². The van der Waals surface area contributed by atoms with E-state index in [0.29, 0.717) is 12.1 Å². The van der Waals surface area contributed by atoms with E-state index in [1.807, 2.05) is 18.2 Å². The first kappa shape index (κ1) is 15.6. The van der Waals surface area contributed by atoms with E-state index >= 15 is 0 Å². The van der Waals surface area contributed by atoms with Crippen LogP contribution < -0.4 is 10.6 Å². The maximum Gasteiger partial charge on any atom is 0.258 e. The van der Waals surface area contributed by atoms with Gasteiger partial charge in [0.05, 0.1) is 10.6 Å². The van der Waals surface area contributed by atoms with Crippen LogP contribution in [0.25, 0.3) is 0 Å². The van der Waals surface area contributed by atoms with Gasteiger partial charge >= 0.3 is 0 Å². The number of amides is 2. The lowest BCUT2D eigenvalue weighted by molar-refractivity contribution is 0.0980. The van der Waals surface area contributed by atoms with Crippen LogP contribution in [0.1, 0.15) is 39.1 Å². The molecule has 118 valence electrons. The van der Waals surface area contributed by atoms with Crippen molar-refractivity contribution in [3.05, 3.63) is 64.2 Å². The van der Waals surface area contributed by atoms with Gasteiger partial charge in [-0.3, -0.25) is 9.59 Å². The van der Waals surface area contributed by atoms with E-state index in [4.69, 9.17) is 17.3 Å². The van der Waals surface area contributed by atoms with Gasteiger partial charge in [0.1, 0.15) is 0 Å². The normalized spacial score (nSPS) is 14.0. The number of nitrogens with zero attached hydrogens (tertiary/aromatic N) is 1. The van der Waals surface area contributed by atoms with Crippen LogP contribution in [0.2, 0.25) is 5.02 Å². The minimum Gasteiger partial charge on any atom is -0.366 e. The summed E-state index contributed by atoms with van der Waals surface area (Å²) in [4.78, 5) is 25.9. The zero-order valence-electron chi connectivity index (χ0n) is 12.6. The molecule has 0 atom stereocenters. The van der Waals surface area contributed by atoms with Gasteiger partial charge < -0.3 is 10.6 Å². The zero-order valence-corrected chi connectivity index (χ0v) is 13.3. The highest BCUT2D eigenvalue weighted by Crippen LogP contribution is 2.28. The van der Waals surface area contributed by atoms with E-state index in [1.54, 1.807) is 11.0 Å². The summed E-state index contributed by atoms with van der Waals surface area (Å²) in [6.07, 6.45) is 2.98. The number of fused-ring (bicyclic) bond motifs is 1. The molecule has 3 rings (SSSR count). The lowest BCUT2D eigenvalue weighted by Crippen LogP contribution is -2.31. The van der Waals surface area contributed by atoms with Crippen LogP contribution in [0.5, 0.6) is 0 Å². The predicted molar refractivity (Wildman–Crippen MR) is 91.0 cm³/mol. The third-order valence-corrected chi connectivity index (χ3v) is 4.40. The topological polar surface area (TPSA) is 63.4 Å². The summed E-state index contributed by atoms with van der Waals surface area (Å²) >= 11 is 6.07. The number of hydrogen-bond acceptors (Lipinski definition) is 2. The fourth-order valence-corrected chi connectivity index (χ4v) is 3.18. The van der Waals surface area contributed by atoms with Gasteiger partial charge in [-0.15, -0.1) is 0 Å². The maximum atomic E-state index is 12.9. The molecule has 0 aliphatic carbocycles. The minimum atomic E-state index is -0.603. The Morgan fingerprint density at radius 1 is 1.09 bits per heavy atom. The van der Waals surface area contributed by atoms with Crippen LogP contribution in [0.15, 0.2) is 42.5 Å². The molecule has 2 N–H and O–H groups in total. The highest BCUT2D eigenvalue weighted by molar-refractivity contribution is 6.34. The van der Waals surface area contributed by atoms with Crippen LogP contribution in [0.4, 0.5) is 5.69 Å². The van der Waals surface area contributed by atoms with Crippen LogP contribution >= 0.6 is 11.6 Å². The van der Waals surface area contributed by atoms with Crippen molar-refractivity contribution in [1.29, 1.82) is 0 Å². The number of primary amides is 1. The summed E-state index contributed by atoms with van der Waals surface area (Å²) in [5.74, 6) is -0.716. The second-order valence-corrected chi connectivity index (χ2v) is 6.01. The lowest BCUT2D eigenvalue weighted by atomic mass is 10.1. The van der Waals surface area contributed by atoms with Crippen molar-refractivity contribution in [2.24, 2.45) is 5.73 Å². The van der Waals surface area contributed by atoms with E-state index in [2.05, 4.69) is 6.07 Å². The number of anilines is 1. The number of aryl methyl sites for hydroxylation is 1. The molecular weight excluding hydrogens is 312 g/mol. The molecule has 2 amide bonds. The van der Waals surface area contributed by atoms with Gasteiger partial charge in [0.2, 0.25) is 5.91 Å². The van der Waals surface area contributed by atoms with Crippen molar-refractivity contribution >= 4 is 29.1 Å². The molecule has 23 heavy (non-hydrogen) atoms. The third-order valence-electron chi connectivity index (χ3n) is 4.09. The Bertz CT molecular complexity index is 773. The number of para-hydroxylation sites is 1. The smallest absolute Gasteiger partial charge is 0.258 e. The number of halogens is 1. The van der Waals surface area contributed by atoms with Crippen LogP contribution in [-0.2, 0) is 6.42 Å². The summed E-state index contributed by atoms with van der Waals surface area (Å²) in [5, 5.41) is 0.200. The van der Waals surface area contributed by atoms with Crippen LogP contribution in [0, 0.1) is 0 Å². The Balaban J connectivity index is 1.97. The fourth-order valence-electron chi connectivity index (χ4n) is 2.91. The predicted octanol–water partition coefficient (Wildman–Crippen LogP) is 3.42. The van der Waals surface area contributed by atoms with Gasteiger partial charge in [0.15, 0.2) is 0 Å². The molecule has 0 bridgehead atoms. The zero-order chi connectivity index (χ0) is 16.4. The highest BCUT2D eigenvalue weighted by atomic mass is 35.5. The van der Waals surface area contributed by atoms with Gasteiger partial charge in [0.25, 0.3) is 5.91 Å². The molecule has 5 heteroatoms. The van der Waals surface area contributed by atoms with Crippen molar-refractivity contribution < 1.29 is 9.59 Å². The SMILES string of the molecule is NC(=O)c1ccc(C(=O)N2CCCCc3ccccc32)cc1Cl. The molecule has 2 aromatic carbocycles. The number of hydrogen-bond donors (Lipinski definition) is 1. The van der Waals surface area contributed by atoms with Crippen LogP contribution in [-0.4, -0.2) is 18.4 Å². The number of carbonyl (C=O) groups excluding carboxylic acids is 2. The first-order valence-electron chi connectivity index (χ1n) is 7.57.